The van der Waals surface area contributed by atoms with Crippen LogP contribution in [0.1, 0.15) is 22.0 Å². The van der Waals surface area contributed by atoms with Gasteiger partial charge in [-0.2, -0.15) is 0 Å². The Labute approximate surface area is 85.2 Å². The van der Waals surface area contributed by atoms with Crippen LogP contribution < -0.4 is 10.5 Å². The van der Waals surface area contributed by atoms with E-state index in [0.29, 0.717) is 17.9 Å². The van der Waals surface area contributed by atoms with E-state index in [9.17, 15) is 4.79 Å². The first-order chi connectivity index (χ1) is 6.61. The zero-order valence-corrected chi connectivity index (χ0v) is 7.91. The molecule has 1 atom stereocenters. The summed E-state index contributed by atoms with van der Waals surface area (Å²) in [5.74, 6) is -0.793. The highest BCUT2D eigenvalue weighted by molar-refractivity contribution is 6.34. The largest absolute Gasteiger partial charge is 0.490 e. The summed E-state index contributed by atoms with van der Waals surface area (Å²) in [4.78, 5) is 10.9. The van der Waals surface area contributed by atoms with E-state index in [2.05, 4.69) is 0 Å². The number of ether oxygens (including phenoxy) is 1. The van der Waals surface area contributed by atoms with Crippen LogP contribution in [0.2, 0.25) is 5.02 Å². The maximum atomic E-state index is 10.9. The molecule has 1 heterocycles. The Hall–Kier alpha value is -1.26. The van der Waals surface area contributed by atoms with Crippen LogP contribution in [-0.4, -0.2) is 17.7 Å². The van der Waals surface area contributed by atoms with Gasteiger partial charge in [-0.15, -0.1) is 0 Å². The van der Waals surface area contributed by atoms with Crippen molar-refractivity contribution in [3.05, 3.63) is 28.3 Å². The zero-order valence-electron chi connectivity index (χ0n) is 7.16. The van der Waals surface area contributed by atoms with Gasteiger partial charge in [0.1, 0.15) is 17.9 Å². The highest BCUT2D eigenvalue weighted by atomic mass is 35.5. The molecule has 1 aromatic rings. The third-order valence-corrected chi connectivity index (χ3v) is 2.47. The molecule has 74 valence electrons. The van der Waals surface area contributed by atoms with Crippen LogP contribution in [0.15, 0.2) is 12.1 Å². The normalized spacial score (nSPS) is 18.9. The lowest BCUT2D eigenvalue weighted by atomic mass is 10.1. The van der Waals surface area contributed by atoms with E-state index in [1.165, 1.54) is 6.07 Å². The fourth-order valence-electron chi connectivity index (χ4n) is 1.48. The van der Waals surface area contributed by atoms with E-state index in [1.807, 2.05) is 0 Å². The number of nitrogens with two attached hydrogens (primary N) is 1. The summed E-state index contributed by atoms with van der Waals surface area (Å²) in [6, 6.07) is 2.96. The highest BCUT2D eigenvalue weighted by Gasteiger charge is 2.27. The van der Waals surface area contributed by atoms with Crippen molar-refractivity contribution >= 4 is 17.6 Å². The van der Waals surface area contributed by atoms with Gasteiger partial charge in [0.25, 0.3) is 0 Å². The fourth-order valence-corrected chi connectivity index (χ4v) is 1.71. The van der Waals surface area contributed by atoms with Gasteiger partial charge in [0, 0.05) is 5.56 Å². The second-order valence-electron chi connectivity index (χ2n) is 3.06. The number of rotatable bonds is 1. The van der Waals surface area contributed by atoms with Crippen molar-refractivity contribution in [1.82, 2.24) is 0 Å². The molecule has 0 saturated heterocycles. The molecule has 0 bridgehead atoms. The van der Waals surface area contributed by atoms with Crippen molar-refractivity contribution in [2.45, 2.75) is 6.04 Å². The van der Waals surface area contributed by atoms with Gasteiger partial charge in [0.2, 0.25) is 0 Å². The van der Waals surface area contributed by atoms with Crippen LogP contribution in [0, 0.1) is 0 Å². The number of hydrogen-bond donors (Lipinski definition) is 2. The first kappa shape index (κ1) is 9.30. The smallest absolute Gasteiger partial charge is 0.341 e. The van der Waals surface area contributed by atoms with Gasteiger partial charge >= 0.3 is 5.97 Å². The van der Waals surface area contributed by atoms with Crippen molar-refractivity contribution in [3.8, 4) is 5.75 Å². The molecule has 0 fully saturated rings. The molecule has 1 aliphatic rings. The zero-order chi connectivity index (χ0) is 10.3. The van der Waals surface area contributed by atoms with E-state index in [4.69, 9.17) is 27.2 Å². The number of halogens is 1. The number of benzene rings is 1. The van der Waals surface area contributed by atoms with Crippen LogP contribution in [0.5, 0.6) is 5.75 Å². The van der Waals surface area contributed by atoms with Gasteiger partial charge < -0.3 is 15.6 Å². The molecule has 1 aromatic carbocycles. The van der Waals surface area contributed by atoms with E-state index in [-0.39, 0.29) is 16.6 Å². The summed E-state index contributed by atoms with van der Waals surface area (Å²) >= 11 is 5.75. The van der Waals surface area contributed by atoms with Gasteiger partial charge in [0.05, 0.1) is 11.1 Å². The number of carboxylic acids is 1. The number of fused-ring (bicyclic) bond motifs is 1. The second-order valence-corrected chi connectivity index (χ2v) is 3.47. The van der Waals surface area contributed by atoms with E-state index < -0.39 is 5.97 Å². The third-order valence-electron chi connectivity index (χ3n) is 2.16. The Morgan fingerprint density at radius 3 is 3.00 bits per heavy atom. The molecule has 0 saturated carbocycles. The summed E-state index contributed by atoms with van der Waals surface area (Å²) in [5.41, 5.74) is 6.40. The quantitative estimate of drug-likeness (QED) is 0.740. The minimum absolute atomic E-state index is 0.00267. The Morgan fingerprint density at radius 2 is 2.36 bits per heavy atom. The van der Waals surface area contributed by atoms with Crippen molar-refractivity contribution in [2.75, 3.05) is 6.61 Å². The second kappa shape index (κ2) is 3.15. The Morgan fingerprint density at radius 1 is 1.64 bits per heavy atom. The van der Waals surface area contributed by atoms with E-state index in [1.54, 1.807) is 6.07 Å². The minimum atomic E-state index is -1.10. The van der Waals surface area contributed by atoms with Crippen molar-refractivity contribution < 1.29 is 14.6 Å². The maximum Gasteiger partial charge on any atom is 0.341 e. The first-order valence-electron chi connectivity index (χ1n) is 4.05. The number of aromatic carboxylic acids is 1. The molecule has 0 aromatic heterocycles. The lowest BCUT2D eigenvalue weighted by Crippen LogP contribution is -2.10. The molecule has 5 heteroatoms. The monoisotopic (exact) mass is 213 g/mol. The predicted molar refractivity (Wildman–Crippen MR) is 50.8 cm³/mol. The third kappa shape index (κ3) is 1.23. The predicted octanol–water partition coefficient (Wildman–Crippen LogP) is 1.43. The average molecular weight is 214 g/mol. The molecular weight excluding hydrogens is 206 g/mol. The van der Waals surface area contributed by atoms with Crippen molar-refractivity contribution in [1.29, 1.82) is 0 Å². The summed E-state index contributed by atoms with van der Waals surface area (Å²) in [7, 11) is 0. The number of hydrogen-bond acceptors (Lipinski definition) is 3. The number of carboxylic acid groups (broad SMARTS) is 1. The standard InChI is InChI=1S/C9H8ClNO3/c10-5-2-1-4-6(11)3-14-8(4)7(5)9(12)13/h1-2,6H,3,11H2,(H,12,13). The lowest BCUT2D eigenvalue weighted by Gasteiger charge is -2.05. The molecule has 1 aliphatic heterocycles. The highest BCUT2D eigenvalue weighted by Crippen LogP contribution is 2.37. The maximum absolute atomic E-state index is 10.9. The molecule has 14 heavy (non-hydrogen) atoms. The molecule has 0 aliphatic carbocycles. The topological polar surface area (TPSA) is 72.5 Å². The lowest BCUT2D eigenvalue weighted by molar-refractivity contribution is 0.0693. The van der Waals surface area contributed by atoms with E-state index in [0.717, 1.165) is 0 Å². The summed E-state index contributed by atoms with van der Waals surface area (Å²) in [5, 5.41) is 9.08. The van der Waals surface area contributed by atoms with E-state index >= 15 is 0 Å². The number of carbonyl (C=O) groups is 1. The van der Waals surface area contributed by atoms with Crippen molar-refractivity contribution in [3.63, 3.8) is 0 Å². The Bertz CT molecular complexity index is 405. The molecule has 3 N–H and O–H groups in total. The van der Waals surface area contributed by atoms with Crippen LogP contribution >= 0.6 is 11.6 Å². The average Bonchev–Trinajstić information content (AvgIpc) is 2.47. The van der Waals surface area contributed by atoms with Gasteiger partial charge in [-0.05, 0) is 6.07 Å². The molecule has 0 spiro atoms. The van der Waals surface area contributed by atoms with Crippen LogP contribution in [0.4, 0.5) is 0 Å². The van der Waals surface area contributed by atoms with Gasteiger partial charge in [-0.3, -0.25) is 0 Å². The molecule has 1 unspecified atom stereocenters. The van der Waals surface area contributed by atoms with Crippen LogP contribution in [0.3, 0.4) is 0 Å². The minimum Gasteiger partial charge on any atom is -0.490 e. The van der Waals surface area contributed by atoms with Crippen LogP contribution in [0.25, 0.3) is 0 Å². The van der Waals surface area contributed by atoms with Crippen LogP contribution in [-0.2, 0) is 0 Å². The van der Waals surface area contributed by atoms with Gasteiger partial charge in [0.15, 0.2) is 0 Å². The van der Waals surface area contributed by atoms with Gasteiger partial charge in [-0.25, -0.2) is 4.79 Å². The molecule has 2 rings (SSSR count). The summed E-state index contributed by atoms with van der Waals surface area (Å²) in [6.45, 7) is 0.302. The SMILES string of the molecule is NC1COc2c1ccc(Cl)c2C(=O)O. The fraction of sp³-hybridized carbons (Fsp3) is 0.222. The molecular formula is C9H8ClNO3. The first-order valence-corrected chi connectivity index (χ1v) is 4.43. The summed E-state index contributed by atoms with van der Waals surface area (Å²) < 4.78 is 5.19. The Balaban J connectivity index is 2.65. The molecule has 4 nitrogen and oxygen atoms in total. The Kier molecular flexibility index (Phi) is 2.09. The van der Waals surface area contributed by atoms with Gasteiger partial charge in [-0.1, -0.05) is 17.7 Å². The molecule has 0 radical (unpaired) electrons. The van der Waals surface area contributed by atoms with Crippen molar-refractivity contribution in [2.24, 2.45) is 5.73 Å². The summed E-state index contributed by atoms with van der Waals surface area (Å²) in [6.07, 6.45) is 0. The molecule has 0 amide bonds.